The Morgan fingerprint density at radius 2 is 1.94 bits per heavy atom. The average molecular weight is 422 g/mol. The number of fused-ring (bicyclic) bond motifs is 1. The molecule has 31 heavy (non-hydrogen) atoms. The highest BCUT2D eigenvalue weighted by atomic mass is 16.5. The molecule has 0 aromatic heterocycles. The van der Waals surface area contributed by atoms with E-state index in [1.165, 1.54) is 69.2 Å². The zero-order valence-corrected chi connectivity index (χ0v) is 19.4. The van der Waals surface area contributed by atoms with Crippen molar-refractivity contribution in [1.29, 1.82) is 0 Å². The number of carbonyl (C=O) groups excluding carboxylic acids is 1. The van der Waals surface area contributed by atoms with Gasteiger partial charge in [0.15, 0.2) is 0 Å². The second kappa shape index (κ2) is 7.61. The van der Waals surface area contributed by atoms with Gasteiger partial charge in [0.05, 0.1) is 7.11 Å². The van der Waals surface area contributed by atoms with Gasteiger partial charge in [0.2, 0.25) is 0 Å². The molecule has 0 N–H and O–H groups in total. The van der Waals surface area contributed by atoms with Crippen molar-refractivity contribution < 1.29 is 9.53 Å². The maximum atomic E-state index is 13.8. The molecule has 0 spiro atoms. The van der Waals surface area contributed by atoms with Crippen LogP contribution in [0.25, 0.3) is 0 Å². The minimum Gasteiger partial charge on any atom is -0.497 e. The normalized spacial score (nSPS) is 38.5. The van der Waals surface area contributed by atoms with Crippen LogP contribution in [-0.2, 0) is 16.6 Å². The van der Waals surface area contributed by atoms with Crippen LogP contribution in [-0.4, -0.2) is 36.9 Å². The molecule has 1 aromatic rings. The number of benzene rings is 1. The Kier molecular flexibility index (Phi) is 4.98. The Balaban J connectivity index is 1.42. The van der Waals surface area contributed by atoms with Gasteiger partial charge in [-0.15, -0.1) is 0 Å². The van der Waals surface area contributed by atoms with E-state index >= 15 is 0 Å². The Labute approximate surface area is 187 Å². The number of carbonyl (C=O) groups is 1. The van der Waals surface area contributed by atoms with Crippen molar-refractivity contribution in [2.75, 3.05) is 20.2 Å². The van der Waals surface area contributed by atoms with E-state index in [-0.39, 0.29) is 5.41 Å². The summed E-state index contributed by atoms with van der Waals surface area (Å²) in [6.07, 6.45) is 12.5. The van der Waals surface area contributed by atoms with Crippen molar-refractivity contribution in [3.8, 4) is 5.75 Å². The number of Topliss-reactive ketones (excluding diaryl/α,β-unsaturated/α-hetero) is 1. The lowest BCUT2D eigenvalue weighted by Crippen LogP contribution is -2.66. The summed E-state index contributed by atoms with van der Waals surface area (Å²) in [4.78, 5) is 16.7. The molecule has 3 saturated carbocycles. The van der Waals surface area contributed by atoms with Gasteiger partial charge in [0.25, 0.3) is 0 Å². The predicted octanol–water partition coefficient (Wildman–Crippen LogP) is 5.40. The van der Waals surface area contributed by atoms with Gasteiger partial charge in [-0.2, -0.15) is 0 Å². The van der Waals surface area contributed by atoms with Crippen molar-refractivity contribution in [1.82, 2.24) is 4.90 Å². The number of nitrogens with zero attached hydrogens (tertiary/aromatic N) is 1. The number of hydrogen-bond donors (Lipinski definition) is 0. The van der Waals surface area contributed by atoms with Crippen LogP contribution >= 0.6 is 0 Å². The van der Waals surface area contributed by atoms with Crippen molar-refractivity contribution >= 4 is 5.78 Å². The van der Waals surface area contributed by atoms with Crippen molar-refractivity contribution in [2.45, 2.75) is 82.6 Å². The van der Waals surface area contributed by atoms with E-state index in [9.17, 15) is 4.79 Å². The van der Waals surface area contributed by atoms with Gasteiger partial charge in [-0.05, 0) is 92.0 Å². The first-order valence-corrected chi connectivity index (χ1v) is 13.0. The van der Waals surface area contributed by atoms with E-state index in [0.717, 1.165) is 30.9 Å². The van der Waals surface area contributed by atoms with Crippen molar-refractivity contribution in [2.24, 2.45) is 29.6 Å². The highest BCUT2D eigenvalue weighted by molar-refractivity contribution is 5.85. The van der Waals surface area contributed by atoms with Gasteiger partial charge < -0.3 is 4.74 Å². The fourth-order valence-corrected chi connectivity index (χ4v) is 8.54. The van der Waals surface area contributed by atoms with E-state index in [0.29, 0.717) is 35.5 Å². The van der Waals surface area contributed by atoms with E-state index in [4.69, 9.17) is 4.74 Å². The summed E-state index contributed by atoms with van der Waals surface area (Å²) in [6.45, 7) is 4.93. The highest BCUT2D eigenvalue weighted by Crippen LogP contribution is 2.60. The number of ketones is 1. The van der Waals surface area contributed by atoms with Gasteiger partial charge in [-0.25, -0.2) is 0 Å². The molecule has 5 atom stereocenters. The summed E-state index contributed by atoms with van der Waals surface area (Å²) in [5.41, 5.74) is 2.98. The number of likely N-dealkylation sites (tertiary alicyclic amines) is 1. The second-order valence-corrected chi connectivity index (χ2v) is 11.6. The minimum absolute atomic E-state index is 0.0362. The number of piperidine rings is 1. The predicted molar refractivity (Wildman–Crippen MR) is 123 cm³/mol. The van der Waals surface area contributed by atoms with Gasteiger partial charge in [-0.3, -0.25) is 9.69 Å². The average Bonchev–Trinajstić information content (AvgIpc) is 3.60. The third-order valence-corrected chi connectivity index (χ3v) is 9.99. The van der Waals surface area contributed by atoms with E-state index < -0.39 is 0 Å². The van der Waals surface area contributed by atoms with E-state index in [1.807, 2.05) is 0 Å². The summed E-state index contributed by atoms with van der Waals surface area (Å²) in [5.74, 6) is 4.52. The molecule has 1 heterocycles. The molecule has 3 heteroatoms. The first kappa shape index (κ1) is 20.3. The lowest BCUT2D eigenvalue weighted by Gasteiger charge is -2.62. The monoisotopic (exact) mass is 421 g/mol. The maximum Gasteiger partial charge on any atom is 0.137 e. The van der Waals surface area contributed by atoms with Gasteiger partial charge in [0.1, 0.15) is 11.5 Å². The SMILES string of the molecule is COc1ccc2c(c1)C13CCN(CC4CC4)[C@H](C2)[C@@H]1[C@@H](C)[C@@H](C1CCCCC1)C(=O)C3. The van der Waals surface area contributed by atoms with Crippen molar-refractivity contribution in [3.63, 3.8) is 0 Å². The van der Waals surface area contributed by atoms with Crippen LogP contribution in [0.3, 0.4) is 0 Å². The summed E-state index contributed by atoms with van der Waals surface area (Å²) < 4.78 is 5.65. The molecule has 168 valence electrons. The molecular weight excluding hydrogens is 382 g/mol. The van der Waals surface area contributed by atoms with Crippen LogP contribution in [0.15, 0.2) is 18.2 Å². The van der Waals surface area contributed by atoms with Crippen LogP contribution in [0.2, 0.25) is 0 Å². The molecule has 0 radical (unpaired) electrons. The van der Waals surface area contributed by atoms with Gasteiger partial charge >= 0.3 is 0 Å². The molecule has 0 amide bonds. The number of hydrogen-bond acceptors (Lipinski definition) is 3. The molecule has 2 bridgehead atoms. The molecular formula is C28H39NO2. The molecule has 4 aliphatic carbocycles. The Morgan fingerprint density at radius 1 is 1.13 bits per heavy atom. The lowest BCUT2D eigenvalue weighted by atomic mass is 9.46. The van der Waals surface area contributed by atoms with Crippen molar-refractivity contribution in [3.05, 3.63) is 29.3 Å². The number of ether oxygens (including phenoxy) is 1. The third kappa shape index (κ3) is 3.21. The van der Waals surface area contributed by atoms with E-state index in [1.54, 1.807) is 7.11 Å². The minimum atomic E-state index is 0.0362. The Hall–Kier alpha value is -1.35. The van der Waals surface area contributed by atoms with Crippen LogP contribution in [0.4, 0.5) is 0 Å². The molecule has 1 unspecified atom stereocenters. The number of methoxy groups -OCH3 is 1. The van der Waals surface area contributed by atoms with Crippen LogP contribution in [0, 0.1) is 29.6 Å². The second-order valence-electron chi connectivity index (χ2n) is 11.6. The molecule has 6 rings (SSSR count). The molecule has 5 aliphatic rings. The third-order valence-electron chi connectivity index (χ3n) is 9.99. The zero-order valence-electron chi connectivity index (χ0n) is 19.4. The molecule has 1 aliphatic heterocycles. The summed E-state index contributed by atoms with van der Waals surface area (Å²) >= 11 is 0. The largest absolute Gasteiger partial charge is 0.497 e. The molecule has 3 nitrogen and oxygen atoms in total. The summed E-state index contributed by atoms with van der Waals surface area (Å²) in [6, 6.07) is 7.36. The fraction of sp³-hybridized carbons (Fsp3) is 0.750. The Morgan fingerprint density at radius 3 is 2.68 bits per heavy atom. The Bertz CT molecular complexity index is 855. The van der Waals surface area contributed by atoms with Crippen LogP contribution in [0.5, 0.6) is 5.75 Å². The molecule has 4 fully saturated rings. The molecule has 1 aromatic carbocycles. The van der Waals surface area contributed by atoms with E-state index in [2.05, 4.69) is 30.0 Å². The first-order valence-electron chi connectivity index (χ1n) is 13.0. The standard InChI is InChI=1S/C28H39NO2/c1-18-26(20-6-4-3-5-7-20)25(30)16-28-12-13-29(17-19-8-9-19)24(27(18)28)14-21-10-11-22(31-2)15-23(21)28/h10-11,15,18-20,24,26-27H,3-9,12-14,16-17H2,1-2H3/t18-,24+,26-,27-,28?/m0/s1. The number of rotatable bonds is 4. The summed E-state index contributed by atoms with van der Waals surface area (Å²) in [5, 5.41) is 0. The summed E-state index contributed by atoms with van der Waals surface area (Å²) in [7, 11) is 1.77. The lowest BCUT2D eigenvalue weighted by molar-refractivity contribution is -0.143. The van der Waals surface area contributed by atoms with Crippen LogP contribution in [0.1, 0.15) is 75.8 Å². The fourth-order valence-electron chi connectivity index (χ4n) is 8.54. The molecule has 1 saturated heterocycles. The van der Waals surface area contributed by atoms with Gasteiger partial charge in [-0.1, -0.05) is 32.3 Å². The smallest absolute Gasteiger partial charge is 0.137 e. The topological polar surface area (TPSA) is 29.5 Å². The van der Waals surface area contributed by atoms with Crippen LogP contribution < -0.4 is 4.74 Å². The first-order chi connectivity index (χ1) is 15.1. The zero-order chi connectivity index (χ0) is 21.2. The maximum absolute atomic E-state index is 13.8. The highest BCUT2D eigenvalue weighted by Gasteiger charge is 2.61. The quantitative estimate of drug-likeness (QED) is 0.652. The van der Waals surface area contributed by atoms with Gasteiger partial charge in [0, 0.05) is 30.3 Å².